The number of carbonyl (C=O) groups is 1. The molecule has 0 aromatic heterocycles. The van der Waals surface area contributed by atoms with E-state index < -0.39 is 11.7 Å². The zero-order valence-corrected chi connectivity index (χ0v) is 18.4. The summed E-state index contributed by atoms with van der Waals surface area (Å²) < 4.78 is 36.8. The van der Waals surface area contributed by atoms with Crippen molar-refractivity contribution in [3.8, 4) is 12.3 Å². The van der Waals surface area contributed by atoms with E-state index in [2.05, 4.69) is 11.4 Å². The maximum atomic E-state index is 11.3. The van der Waals surface area contributed by atoms with Crippen molar-refractivity contribution in [3.63, 3.8) is 0 Å². The zero-order valence-electron chi connectivity index (χ0n) is 18.4. The van der Waals surface area contributed by atoms with Crippen molar-refractivity contribution < 1.29 is 42.8 Å². The first kappa shape index (κ1) is 28.5. The van der Waals surface area contributed by atoms with E-state index in [0.717, 1.165) is 0 Å². The topological polar surface area (TPSA) is 103 Å². The van der Waals surface area contributed by atoms with Crippen LogP contribution in [0.15, 0.2) is 0 Å². The summed E-state index contributed by atoms with van der Waals surface area (Å²) in [7, 11) is 0. The van der Waals surface area contributed by atoms with E-state index in [1.807, 2.05) is 0 Å². The molecule has 0 saturated carbocycles. The van der Waals surface area contributed by atoms with Crippen molar-refractivity contribution >= 4 is 6.09 Å². The average molecular weight is 436 g/mol. The third-order valence-corrected chi connectivity index (χ3v) is 2.93. The number of hydroxylamine groups is 1. The Labute approximate surface area is 179 Å². The number of nitrogens with one attached hydrogen (secondary N) is 1. The van der Waals surface area contributed by atoms with Crippen molar-refractivity contribution in [1.82, 2.24) is 5.48 Å². The molecule has 30 heavy (non-hydrogen) atoms. The van der Waals surface area contributed by atoms with Crippen molar-refractivity contribution in [2.75, 3.05) is 85.9 Å². The molecule has 0 aliphatic carbocycles. The van der Waals surface area contributed by atoms with E-state index in [0.29, 0.717) is 79.3 Å². The second kappa shape index (κ2) is 20.8. The highest BCUT2D eigenvalue weighted by atomic mass is 16.7. The molecular weight excluding hydrogens is 398 g/mol. The summed E-state index contributed by atoms with van der Waals surface area (Å²) in [6, 6.07) is 0. The Morgan fingerprint density at radius 3 is 1.43 bits per heavy atom. The molecule has 0 spiro atoms. The summed E-state index contributed by atoms with van der Waals surface area (Å²) in [5, 5.41) is 0. The monoisotopic (exact) mass is 435 g/mol. The van der Waals surface area contributed by atoms with Gasteiger partial charge in [0.15, 0.2) is 0 Å². The van der Waals surface area contributed by atoms with E-state index in [9.17, 15) is 4.79 Å². The molecule has 176 valence electrons. The van der Waals surface area contributed by atoms with Crippen LogP contribution in [-0.2, 0) is 38.0 Å². The van der Waals surface area contributed by atoms with Crippen LogP contribution in [0.4, 0.5) is 4.79 Å². The van der Waals surface area contributed by atoms with Crippen LogP contribution in [0, 0.1) is 12.3 Å². The lowest BCUT2D eigenvalue weighted by Gasteiger charge is -2.19. The highest BCUT2D eigenvalue weighted by Gasteiger charge is 2.15. The molecule has 0 aliphatic heterocycles. The zero-order chi connectivity index (χ0) is 22.3. The van der Waals surface area contributed by atoms with Gasteiger partial charge < -0.3 is 33.2 Å². The molecule has 0 saturated heterocycles. The van der Waals surface area contributed by atoms with Gasteiger partial charge in [-0.25, -0.2) is 4.79 Å². The second-order valence-electron chi connectivity index (χ2n) is 6.77. The van der Waals surface area contributed by atoms with Gasteiger partial charge >= 0.3 is 6.09 Å². The predicted octanol–water partition coefficient (Wildman–Crippen LogP) is 1.18. The Balaban J connectivity index is 3.12. The van der Waals surface area contributed by atoms with Gasteiger partial charge in [-0.2, -0.15) is 5.48 Å². The molecule has 0 bridgehead atoms. The maximum Gasteiger partial charge on any atom is 0.431 e. The van der Waals surface area contributed by atoms with E-state index >= 15 is 0 Å². The first-order chi connectivity index (χ1) is 14.5. The fourth-order valence-electron chi connectivity index (χ4n) is 1.74. The Kier molecular flexibility index (Phi) is 19.8. The van der Waals surface area contributed by atoms with Gasteiger partial charge in [-0.05, 0) is 20.8 Å². The molecule has 0 aromatic carbocycles. The smallest absolute Gasteiger partial charge is 0.431 e. The maximum absolute atomic E-state index is 11.3. The molecule has 0 aliphatic rings. The van der Waals surface area contributed by atoms with Gasteiger partial charge in [0, 0.05) is 0 Å². The van der Waals surface area contributed by atoms with Crippen LogP contribution in [0.25, 0.3) is 0 Å². The largest absolute Gasteiger partial charge is 0.442 e. The number of hydrogen-bond acceptors (Lipinski definition) is 9. The fourth-order valence-corrected chi connectivity index (χ4v) is 1.74. The molecule has 0 radical (unpaired) electrons. The predicted molar refractivity (Wildman–Crippen MR) is 109 cm³/mol. The van der Waals surface area contributed by atoms with Crippen LogP contribution >= 0.6 is 0 Å². The molecule has 10 heteroatoms. The lowest BCUT2D eigenvalue weighted by molar-refractivity contribution is -0.0377. The highest BCUT2D eigenvalue weighted by Crippen LogP contribution is 2.06. The lowest BCUT2D eigenvalue weighted by atomic mass is 10.2. The first-order valence-electron chi connectivity index (χ1n) is 9.96. The van der Waals surface area contributed by atoms with Gasteiger partial charge in [-0.1, -0.05) is 5.92 Å². The minimum absolute atomic E-state index is 0.215. The number of hydrogen-bond donors (Lipinski definition) is 1. The van der Waals surface area contributed by atoms with E-state index in [-0.39, 0.29) is 6.61 Å². The van der Waals surface area contributed by atoms with Gasteiger partial charge in [-0.3, -0.25) is 4.84 Å². The molecule has 0 fully saturated rings. The second-order valence-corrected chi connectivity index (χ2v) is 6.77. The number of terminal acetylenes is 1. The van der Waals surface area contributed by atoms with Gasteiger partial charge in [-0.15, -0.1) is 6.42 Å². The van der Waals surface area contributed by atoms with E-state index in [4.69, 9.17) is 44.4 Å². The Morgan fingerprint density at radius 1 is 0.700 bits per heavy atom. The average Bonchev–Trinajstić information content (AvgIpc) is 2.68. The minimum Gasteiger partial charge on any atom is -0.442 e. The molecule has 10 nitrogen and oxygen atoms in total. The van der Waals surface area contributed by atoms with Crippen molar-refractivity contribution in [3.05, 3.63) is 0 Å². The fraction of sp³-hybridized carbons (Fsp3) is 0.850. The molecule has 1 amide bonds. The van der Waals surface area contributed by atoms with Gasteiger partial charge in [0.05, 0.1) is 79.3 Å². The van der Waals surface area contributed by atoms with Crippen LogP contribution in [0.2, 0.25) is 0 Å². The van der Waals surface area contributed by atoms with E-state index in [1.165, 1.54) is 0 Å². The summed E-state index contributed by atoms with van der Waals surface area (Å²) in [6.45, 7) is 11.0. The van der Waals surface area contributed by atoms with Crippen LogP contribution in [-0.4, -0.2) is 97.6 Å². The normalized spacial score (nSPS) is 11.3. The molecule has 0 rings (SSSR count). The minimum atomic E-state index is -0.633. The molecule has 0 heterocycles. The standard InChI is InChI=1S/C20H37NO9/c1-5-6-23-7-8-24-9-10-25-11-12-26-13-14-27-15-16-28-17-18-29-21-19(22)30-20(2,3)4/h1H,6-18H2,2-4H3,(H,21,22). The van der Waals surface area contributed by atoms with Crippen LogP contribution in [0.5, 0.6) is 0 Å². The Hall–Kier alpha value is -1.45. The Morgan fingerprint density at radius 2 is 1.07 bits per heavy atom. The van der Waals surface area contributed by atoms with Gasteiger partial charge in [0.1, 0.15) is 12.2 Å². The summed E-state index contributed by atoms with van der Waals surface area (Å²) in [5.74, 6) is 2.38. The van der Waals surface area contributed by atoms with Crippen molar-refractivity contribution in [2.45, 2.75) is 26.4 Å². The molecule has 0 atom stereocenters. The molecular formula is C20H37NO9. The third-order valence-electron chi connectivity index (χ3n) is 2.93. The van der Waals surface area contributed by atoms with E-state index in [1.54, 1.807) is 20.8 Å². The molecule has 1 N–H and O–H groups in total. The Bertz CT molecular complexity index is 435. The molecule has 0 unspecified atom stereocenters. The van der Waals surface area contributed by atoms with Crippen molar-refractivity contribution in [1.29, 1.82) is 0 Å². The summed E-state index contributed by atoms with van der Waals surface area (Å²) >= 11 is 0. The highest BCUT2D eigenvalue weighted by molar-refractivity contribution is 5.66. The number of amides is 1. The summed E-state index contributed by atoms with van der Waals surface area (Å²) in [5.41, 5.74) is 1.62. The van der Waals surface area contributed by atoms with Crippen LogP contribution < -0.4 is 5.48 Å². The molecule has 0 aromatic rings. The van der Waals surface area contributed by atoms with Gasteiger partial charge in [0.25, 0.3) is 0 Å². The first-order valence-corrected chi connectivity index (χ1v) is 9.96. The number of ether oxygens (including phenoxy) is 7. The van der Waals surface area contributed by atoms with Crippen molar-refractivity contribution in [2.24, 2.45) is 0 Å². The summed E-state index contributed by atoms with van der Waals surface area (Å²) in [4.78, 5) is 16.2. The SMILES string of the molecule is C#CCOCCOCCOCCOCCOCCOCCONC(=O)OC(C)(C)C. The quantitative estimate of drug-likeness (QED) is 0.171. The van der Waals surface area contributed by atoms with Crippen LogP contribution in [0.1, 0.15) is 20.8 Å². The van der Waals surface area contributed by atoms with Crippen LogP contribution in [0.3, 0.4) is 0 Å². The lowest BCUT2D eigenvalue weighted by Crippen LogP contribution is -2.33. The summed E-state index contributed by atoms with van der Waals surface area (Å²) in [6.07, 6.45) is 4.42. The van der Waals surface area contributed by atoms with Gasteiger partial charge in [0.2, 0.25) is 0 Å². The number of carbonyl (C=O) groups excluding carboxylic acids is 1. The third kappa shape index (κ3) is 24.6. The number of rotatable bonds is 20.